The molecule has 0 aromatic heterocycles. The lowest BCUT2D eigenvalue weighted by atomic mass is 9.90. The Labute approximate surface area is 109 Å². The fourth-order valence-corrected chi connectivity index (χ4v) is 2.57. The van der Waals surface area contributed by atoms with Crippen LogP contribution in [0.25, 0.3) is 0 Å². The highest BCUT2D eigenvalue weighted by molar-refractivity contribution is 5.96. The van der Waals surface area contributed by atoms with E-state index in [2.05, 4.69) is 12.2 Å². The van der Waals surface area contributed by atoms with Gasteiger partial charge >= 0.3 is 0 Å². The minimum Gasteiger partial charge on any atom is -0.314 e. The van der Waals surface area contributed by atoms with Gasteiger partial charge in [-0.15, -0.1) is 0 Å². The molecule has 0 spiro atoms. The molecule has 0 bridgehead atoms. The second kappa shape index (κ2) is 6.01. The molecule has 3 heteroatoms. The topological polar surface area (TPSA) is 32.3 Å². The summed E-state index contributed by atoms with van der Waals surface area (Å²) in [5, 5.41) is 3.34. The third-order valence-corrected chi connectivity index (χ3v) is 3.86. The van der Waals surface area contributed by atoms with Crippen molar-refractivity contribution in [3.05, 3.63) is 30.3 Å². The predicted octanol–water partition coefficient (Wildman–Crippen LogP) is 2.43. The molecule has 0 radical (unpaired) electrons. The Bertz CT molecular complexity index is 391. The average Bonchev–Trinajstić information content (AvgIpc) is 2.46. The highest BCUT2D eigenvalue weighted by atomic mass is 16.2. The summed E-state index contributed by atoms with van der Waals surface area (Å²) >= 11 is 0. The van der Waals surface area contributed by atoms with Crippen LogP contribution >= 0.6 is 0 Å². The molecule has 1 aromatic rings. The van der Waals surface area contributed by atoms with E-state index >= 15 is 0 Å². The number of amides is 1. The number of nitrogens with zero attached hydrogens (tertiary/aromatic N) is 1. The van der Waals surface area contributed by atoms with Crippen LogP contribution in [0.5, 0.6) is 0 Å². The van der Waals surface area contributed by atoms with E-state index in [1.165, 1.54) is 12.8 Å². The molecule has 18 heavy (non-hydrogen) atoms. The van der Waals surface area contributed by atoms with Gasteiger partial charge in [0, 0.05) is 12.7 Å². The second-order valence-corrected chi connectivity index (χ2v) is 5.04. The monoisotopic (exact) mass is 246 g/mol. The number of anilines is 1. The summed E-state index contributed by atoms with van der Waals surface area (Å²) in [5.41, 5.74) is 0.961. The molecule has 1 aliphatic heterocycles. The molecule has 0 saturated carbocycles. The first kappa shape index (κ1) is 13.1. The molecule has 1 heterocycles. The van der Waals surface area contributed by atoms with Gasteiger partial charge < -0.3 is 10.2 Å². The minimum atomic E-state index is -0.0195. The van der Waals surface area contributed by atoms with Gasteiger partial charge in [0.15, 0.2) is 0 Å². The first-order chi connectivity index (χ1) is 8.72. The Kier molecular flexibility index (Phi) is 4.37. The zero-order valence-electron chi connectivity index (χ0n) is 11.2. The van der Waals surface area contributed by atoms with Gasteiger partial charge in [-0.3, -0.25) is 4.79 Å². The van der Waals surface area contributed by atoms with Gasteiger partial charge in [-0.25, -0.2) is 0 Å². The van der Waals surface area contributed by atoms with Crippen LogP contribution in [0.2, 0.25) is 0 Å². The number of benzene rings is 1. The molecule has 2 atom stereocenters. The summed E-state index contributed by atoms with van der Waals surface area (Å²) in [5.74, 6) is 0.865. The van der Waals surface area contributed by atoms with Crippen LogP contribution < -0.4 is 10.2 Å². The molecule has 3 nitrogen and oxygen atoms in total. The molecule has 1 aromatic carbocycles. The maximum atomic E-state index is 12.4. The maximum absolute atomic E-state index is 12.4. The molecule has 0 aliphatic carbocycles. The number of likely N-dealkylation sites (N-methyl/N-ethyl adjacent to an activating group) is 1. The molecule has 1 amide bonds. The SMILES string of the molecule is CCC1CCNC(C(=O)N(C)c2ccccc2)C1. The van der Waals surface area contributed by atoms with Crippen molar-refractivity contribution in [3.8, 4) is 0 Å². The number of hydrogen-bond acceptors (Lipinski definition) is 2. The number of hydrogen-bond donors (Lipinski definition) is 1. The van der Waals surface area contributed by atoms with E-state index in [0.29, 0.717) is 5.92 Å². The van der Waals surface area contributed by atoms with Crippen molar-refractivity contribution in [2.45, 2.75) is 32.2 Å². The minimum absolute atomic E-state index is 0.0195. The Morgan fingerprint density at radius 1 is 1.39 bits per heavy atom. The van der Waals surface area contributed by atoms with E-state index in [4.69, 9.17) is 0 Å². The summed E-state index contributed by atoms with van der Waals surface area (Å²) in [6.07, 6.45) is 3.32. The van der Waals surface area contributed by atoms with E-state index in [1.807, 2.05) is 37.4 Å². The quantitative estimate of drug-likeness (QED) is 0.888. The van der Waals surface area contributed by atoms with Gasteiger partial charge in [-0.1, -0.05) is 31.5 Å². The van der Waals surface area contributed by atoms with Crippen LogP contribution in [-0.4, -0.2) is 25.5 Å². The average molecular weight is 246 g/mol. The summed E-state index contributed by atoms with van der Waals surface area (Å²) < 4.78 is 0. The van der Waals surface area contributed by atoms with E-state index in [9.17, 15) is 4.79 Å². The van der Waals surface area contributed by atoms with E-state index < -0.39 is 0 Å². The van der Waals surface area contributed by atoms with Crippen molar-refractivity contribution in [1.29, 1.82) is 0 Å². The molecule has 98 valence electrons. The summed E-state index contributed by atoms with van der Waals surface area (Å²) in [7, 11) is 1.86. The summed E-state index contributed by atoms with van der Waals surface area (Å²) in [4.78, 5) is 14.2. The Morgan fingerprint density at radius 2 is 2.11 bits per heavy atom. The van der Waals surface area contributed by atoms with E-state index in [-0.39, 0.29) is 11.9 Å². The fraction of sp³-hybridized carbons (Fsp3) is 0.533. The van der Waals surface area contributed by atoms with Crippen LogP contribution in [-0.2, 0) is 4.79 Å². The molecular formula is C15H22N2O. The van der Waals surface area contributed by atoms with Gasteiger partial charge in [-0.2, -0.15) is 0 Å². The molecule has 2 rings (SSSR count). The number of carbonyl (C=O) groups is 1. The van der Waals surface area contributed by atoms with Gasteiger partial charge in [0.05, 0.1) is 6.04 Å². The first-order valence-corrected chi connectivity index (χ1v) is 6.78. The predicted molar refractivity (Wildman–Crippen MR) is 74.7 cm³/mol. The third-order valence-electron chi connectivity index (χ3n) is 3.86. The molecule has 1 aliphatic rings. The van der Waals surface area contributed by atoms with Crippen LogP contribution in [0, 0.1) is 5.92 Å². The number of nitrogens with one attached hydrogen (secondary N) is 1. The number of piperidine rings is 1. The van der Waals surface area contributed by atoms with Crippen molar-refractivity contribution < 1.29 is 4.79 Å². The molecular weight excluding hydrogens is 224 g/mol. The third kappa shape index (κ3) is 2.91. The van der Waals surface area contributed by atoms with Crippen molar-refractivity contribution >= 4 is 11.6 Å². The Morgan fingerprint density at radius 3 is 2.78 bits per heavy atom. The Balaban J connectivity index is 2.02. The van der Waals surface area contributed by atoms with Crippen molar-refractivity contribution in [3.63, 3.8) is 0 Å². The van der Waals surface area contributed by atoms with Crippen LogP contribution in [0.3, 0.4) is 0 Å². The smallest absolute Gasteiger partial charge is 0.243 e. The fourth-order valence-electron chi connectivity index (χ4n) is 2.57. The highest BCUT2D eigenvalue weighted by Gasteiger charge is 2.28. The zero-order chi connectivity index (χ0) is 13.0. The van der Waals surface area contributed by atoms with Crippen LogP contribution in [0.4, 0.5) is 5.69 Å². The maximum Gasteiger partial charge on any atom is 0.243 e. The van der Waals surface area contributed by atoms with Crippen molar-refractivity contribution in [1.82, 2.24) is 5.32 Å². The van der Waals surface area contributed by atoms with Gasteiger partial charge in [0.25, 0.3) is 0 Å². The normalized spacial score (nSPS) is 23.7. The number of para-hydroxylation sites is 1. The van der Waals surface area contributed by atoms with Gasteiger partial charge in [0.1, 0.15) is 0 Å². The van der Waals surface area contributed by atoms with Crippen molar-refractivity contribution in [2.75, 3.05) is 18.5 Å². The lowest BCUT2D eigenvalue weighted by Gasteiger charge is -2.31. The summed E-state index contributed by atoms with van der Waals surface area (Å²) in [6.45, 7) is 3.16. The van der Waals surface area contributed by atoms with E-state index in [0.717, 1.165) is 18.7 Å². The first-order valence-electron chi connectivity index (χ1n) is 6.78. The van der Waals surface area contributed by atoms with E-state index in [1.54, 1.807) is 4.90 Å². The standard InChI is InChI=1S/C15H22N2O/c1-3-12-9-10-16-14(11-12)15(18)17(2)13-7-5-4-6-8-13/h4-8,12,14,16H,3,9-11H2,1-2H3. The lowest BCUT2D eigenvalue weighted by molar-refractivity contribution is -0.121. The summed E-state index contributed by atoms with van der Waals surface area (Å²) in [6, 6.07) is 9.81. The van der Waals surface area contributed by atoms with Crippen LogP contribution in [0.15, 0.2) is 30.3 Å². The molecule has 2 unspecified atom stereocenters. The molecule has 1 saturated heterocycles. The van der Waals surface area contributed by atoms with Crippen LogP contribution in [0.1, 0.15) is 26.2 Å². The second-order valence-electron chi connectivity index (χ2n) is 5.04. The highest BCUT2D eigenvalue weighted by Crippen LogP contribution is 2.21. The van der Waals surface area contributed by atoms with Crippen molar-refractivity contribution in [2.24, 2.45) is 5.92 Å². The molecule has 1 N–H and O–H groups in total. The zero-order valence-corrected chi connectivity index (χ0v) is 11.2. The lowest BCUT2D eigenvalue weighted by Crippen LogP contribution is -2.49. The number of rotatable bonds is 3. The molecule has 1 fully saturated rings. The van der Waals surface area contributed by atoms with Gasteiger partial charge in [-0.05, 0) is 37.4 Å². The number of carbonyl (C=O) groups excluding carboxylic acids is 1. The Hall–Kier alpha value is -1.35. The largest absolute Gasteiger partial charge is 0.314 e. The van der Waals surface area contributed by atoms with Gasteiger partial charge in [0.2, 0.25) is 5.91 Å².